The summed E-state index contributed by atoms with van der Waals surface area (Å²) in [4.78, 5) is 4.74. The van der Waals surface area contributed by atoms with Crippen LogP contribution in [0.15, 0.2) is 144 Å². The molecule has 0 saturated carbocycles. The van der Waals surface area contributed by atoms with Gasteiger partial charge in [-0.1, -0.05) is 91.0 Å². The predicted octanol–water partition coefficient (Wildman–Crippen LogP) is 9.73. The highest BCUT2D eigenvalue weighted by Gasteiger charge is 2.11. The topological polar surface area (TPSA) is 38.1 Å². The molecule has 0 fully saturated rings. The minimum atomic E-state index is 0.642. The van der Waals surface area contributed by atoms with Crippen LogP contribution in [0.2, 0.25) is 0 Å². The smallest absolute Gasteiger partial charge is 0.227 e. The number of aromatic nitrogens is 1. The minimum absolute atomic E-state index is 0.642. The summed E-state index contributed by atoms with van der Waals surface area (Å²) >= 11 is 0. The summed E-state index contributed by atoms with van der Waals surface area (Å²) in [6.07, 6.45) is 0. The molecule has 3 nitrogen and oxygen atoms in total. The van der Waals surface area contributed by atoms with E-state index >= 15 is 0 Å². The van der Waals surface area contributed by atoms with Gasteiger partial charge in [0.2, 0.25) is 5.89 Å². The Labute approximate surface area is 221 Å². The molecule has 1 aromatic heterocycles. The maximum absolute atomic E-state index is 6.19. The van der Waals surface area contributed by atoms with Crippen LogP contribution in [0.5, 0.6) is 0 Å². The Bertz CT molecular complexity index is 1870. The molecule has 0 spiro atoms. The molecule has 38 heavy (non-hydrogen) atoms. The van der Waals surface area contributed by atoms with E-state index in [0.29, 0.717) is 5.89 Å². The number of nitrogens with zero attached hydrogens (tertiary/aromatic N) is 1. The van der Waals surface area contributed by atoms with E-state index in [1.165, 1.54) is 21.9 Å². The Balaban J connectivity index is 1.12. The fourth-order valence-corrected chi connectivity index (χ4v) is 4.84. The second-order valence-electron chi connectivity index (χ2n) is 9.41. The van der Waals surface area contributed by atoms with Crippen LogP contribution in [0.4, 0.5) is 11.4 Å². The second-order valence-corrected chi connectivity index (χ2v) is 9.41. The van der Waals surface area contributed by atoms with Crippen molar-refractivity contribution in [3.8, 4) is 33.7 Å². The molecular weight excluding hydrogens is 464 g/mol. The van der Waals surface area contributed by atoms with Crippen LogP contribution in [0, 0.1) is 0 Å². The van der Waals surface area contributed by atoms with E-state index < -0.39 is 0 Å². The number of hydrogen-bond acceptors (Lipinski definition) is 3. The Hall–Kier alpha value is -5.15. The molecule has 0 atom stereocenters. The van der Waals surface area contributed by atoms with Crippen LogP contribution in [-0.4, -0.2) is 4.98 Å². The van der Waals surface area contributed by atoms with Gasteiger partial charge in [0.15, 0.2) is 5.58 Å². The lowest BCUT2D eigenvalue weighted by molar-refractivity contribution is 0.620. The number of fused-ring (bicyclic) bond motifs is 2. The van der Waals surface area contributed by atoms with Gasteiger partial charge in [0.05, 0.1) is 0 Å². The van der Waals surface area contributed by atoms with Gasteiger partial charge in [-0.15, -0.1) is 0 Å². The highest BCUT2D eigenvalue weighted by atomic mass is 16.3. The van der Waals surface area contributed by atoms with Crippen molar-refractivity contribution in [3.05, 3.63) is 140 Å². The van der Waals surface area contributed by atoms with Gasteiger partial charge in [0.1, 0.15) is 5.52 Å². The summed E-state index contributed by atoms with van der Waals surface area (Å²) in [6, 6.07) is 48.2. The van der Waals surface area contributed by atoms with Crippen LogP contribution < -0.4 is 5.32 Å². The fourth-order valence-electron chi connectivity index (χ4n) is 4.84. The molecule has 7 rings (SSSR count). The Morgan fingerprint density at radius 1 is 0.447 bits per heavy atom. The largest absolute Gasteiger partial charge is 0.436 e. The number of benzene rings is 6. The molecule has 0 radical (unpaired) electrons. The van der Waals surface area contributed by atoms with E-state index in [-0.39, 0.29) is 0 Å². The molecule has 0 amide bonds. The average molecular weight is 489 g/mol. The summed E-state index contributed by atoms with van der Waals surface area (Å²) < 4.78 is 6.19. The van der Waals surface area contributed by atoms with Gasteiger partial charge in [-0.2, -0.15) is 0 Å². The number of para-hydroxylation sites is 1. The first-order valence-corrected chi connectivity index (χ1v) is 12.7. The SMILES string of the molecule is c1ccc(Nc2ccc(-c3ccc(-c4ccc5nc(-c6ccc7ccccc7c6)oc5c4)cc3)cc2)cc1. The maximum Gasteiger partial charge on any atom is 0.227 e. The van der Waals surface area contributed by atoms with Gasteiger partial charge in [-0.3, -0.25) is 0 Å². The van der Waals surface area contributed by atoms with Gasteiger partial charge < -0.3 is 9.73 Å². The van der Waals surface area contributed by atoms with Gasteiger partial charge in [-0.05, 0) is 81.6 Å². The standard InChI is InChI=1S/C35H24N2O/c1-2-8-31(9-3-1)36-32-19-16-26(17-20-32)25-10-12-27(13-11-25)29-18-21-33-34(23-29)38-35(37-33)30-15-14-24-6-4-5-7-28(24)22-30/h1-23,36H. The normalized spacial score (nSPS) is 11.2. The van der Waals surface area contributed by atoms with Gasteiger partial charge in [-0.25, -0.2) is 4.98 Å². The first-order chi connectivity index (χ1) is 18.8. The van der Waals surface area contributed by atoms with Crippen molar-refractivity contribution < 1.29 is 4.42 Å². The summed E-state index contributed by atoms with van der Waals surface area (Å²) in [6.45, 7) is 0. The van der Waals surface area contributed by atoms with Crippen molar-refractivity contribution in [2.45, 2.75) is 0 Å². The highest BCUT2D eigenvalue weighted by Crippen LogP contribution is 2.31. The summed E-state index contributed by atoms with van der Waals surface area (Å²) in [5.41, 5.74) is 9.39. The van der Waals surface area contributed by atoms with Crippen molar-refractivity contribution in [1.82, 2.24) is 4.98 Å². The maximum atomic E-state index is 6.19. The molecular formula is C35H24N2O. The molecule has 0 aliphatic rings. The van der Waals surface area contributed by atoms with Crippen molar-refractivity contribution in [2.75, 3.05) is 5.32 Å². The molecule has 0 unspecified atom stereocenters. The van der Waals surface area contributed by atoms with Crippen molar-refractivity contribution in [1.29, 1.82) is 0 Å². The van der Waals surface area contributed by atoms with Gasteiger partial charge in [0, 0.05) is 16.9 Å². The van der Waals surface area contributed by atoms with Crippen molar-refractivity contribution in [2.24, 2.45) is 0 Å². The first kappa shape index (κ1) is 22.1. The van der Waals surface area contributed by atoms with Gasteiger partial charge in [0.25, 0.3) is 0 Å². The van der Waals surface area contributed by atoms with E-state index in [1.54, 1.807) is 0 Å². The van der Waals surface area contributed by atoms with Crippen LogP contribution in [0.25, 0.3) is 55.6 Å². The lowest BCUT2D eigenvalue weighted by Crippen LogP contribution is -1.89. The molecule has 3 heteroatoms. The zero-order chi connectivity index (χ0) is 25.3. The predicted molar refractivity (Wildman–Crippen MR) is 158 cm³/mol. The molecule has 0 saturated heterocycles. The monoisotopic (exact) mass is 488 g/mol. The number of oxazole rings is 1. The van der Waals surface area contributed by atoms with E-state index in [9.17, 15) is 0 Å². The Morgan fingerprint density at radius 3 is 1.79 bits per heavy atom. The van der Waals surface area contributed by atoms with Crippen LogP contribution in [-0.2, 0) is 0 Å². The van der Waals surface area contributed by atoms with Gasteiger partial charge >= 0.3 is 0 Å². The van der Waals surface area contributed by atoms with Crippen molar-refractivity contribution in [3.63, 3.8) is 0 Å². The highest BCUT2D eigenvalue weighted by molar-refractivity contribution is 5.88. The minimum Gasteiger partial charge on any atom is -0.436 e. The van der Waals surface area contributed by atoms with Crippen LogP contribution in [0.1, 0.15) is 0 Å². The van der Waals surface area contributed by atoms with Crippen molar-refractivity contribution >= 4 is 33.2 Å². The summed E-state index contributed by atoms with van der Waals surface area (Å²) in [5.74, 6) is 0.642. The van der Waals surface area contributed by atoms with E-state index in [4.69, 9.17) is 9.40 Å². The number of rotatable bonds is 5. The zero-order valence-electron chi connectivity index (χ0n) is 20.6. The lowest BCUT2D eigenvalue weighted by Gasteiger charge is -2.08. The quantitative estimate of drug-likeness (QED) is 0.262. The third-order valence-corrected chi connectivity index (χ3v) is 6.88. The number of nitrogens with one attached hydrogen (secondary N) is 1. The molecule has 0 aliphatic carbocycles. The molecule has 1 heterocycles. The zero-order valence-corrected chi connectivity index (χ0v) is 20.6. The molecule has 7 aromatic rings. The summed E-state index contributed by atoms with van der Waals surface area (Å²) in [7, 11) is 0. The molecule has 0 aliphatic heterocycles. The number of anilines is 2. The molecule has 0 bridgehead atoms. The number of hydrogen-bond donors (Lipinski definition) is 1. The van der Waals surface area contributed by atoms with E-state index in [2.05, 4.69) is 115 Å². The third-order valence-electron chi connectivity index (χ3n) is 6.88. The molecule has 6 aromatic carbocycles. The summed E-state index contributed by atoms with van der Waals surface area (Å²) in [5, 5.41) is 5.82. The van der Waals surface area contributed by atoms with E-state index in [0.717, 1.165) is 39.2 Å². The third kappa shape index (κ3) is 4.31. The first-order valence-electron chi connectivity index (χ1n) is 12.7. The molecule has 180 valence electrons. The second kappa shape index (κ2) is 9.38. The Morgan fingerprint density at radius 2 is 1.03 bits per heavy atom. The van der Waals surface area contributed by atoms with Crippen LogP contribution in [0.3, 0.4) is 0 Å². The Kier molecular flexibility index (Phi) is 5.45. The van der Waals surface area contributed by atoms with E-state index in [1.807, 2.05) is 30.3 Å². The average Bonchev–Trinajstić information content (AvgIpc) is 3.42. The molecule has 1 N–H and O–H groups in total. The fraction of sp³-hybridized carbons (Fsp3) is 0. The lowest BCUT2D eigenvalue weighted by atomic mass is 10.00. The van der Waals surface area contributed by atoms with Crippen LogP contribution >= 0.6 is 0 Å².